The smallest absolute Gasteiger partial charge is 0.266 e. The van der Waals surface area contributed by atoms with Crippen molar-refractivity contribution < 1.29 is 4.79 Å². The van der Waals surface area contributed by atoms with E-state index in [-0.39, 0.29) is 11.5 Å². The molecule has 1 amide bonds. The Morgan fingerprint density at radius 2 is 2.20 bits per heavy atom. The highest BCUT2D eigenvalue weighted by Crippen LogP contribution is 2.22. The summed E-state index contributed by atoms with van der Waals surface area (Å²) in [5.74, 6) is -0.225. The summed E-state index contributed by atoms with van der Waals surface area (Å²) in [5.41, 5.74) is 2.30. The van der Waals surface area contributed by atoms with E-state index in [0.717, 1.165) is 11.1 Å². The average Bonchev–Trinajstić information content (AvgIpc) is 3.06. The lowest BCUT2D eigenvalue weighted by atomic mass is 10.3. The summed E-state index contributed by atoms with van der Waals surface area (Å²) in [5, 5.41) is 3.30. The van der Waals surface area contributed by atoms with Crippen molar-refractivity contribution in [3.63, 3.8) is 0 Å². The molecule has 4 rings (SSSR count). The number of fused-ring (bicyclic) bond motifs is 2. The molecule has 0 radical (unpaired) electrons. The Labute approximate surface area is 146 Å². The minimum Gasteiger partial charge on any atom is -0.347 e. The lowest BCUT2D eigenvalue weighted by Crippen LogP contribution is -2.21. The SMILES string of the molecule is Cc1ccc2nc3sc(C(=O)NCc4cccnc4)cc3c(=O)n2c1. The Bertz CT molecular complexity index is 1150. The van der Waals surface area contributed by atoms with Crippen molar-refractivity contribution in [2.45, 2.75) is 13.5 Å². The third kappa shape index (κ3) is 2.89. The van der Waals surface area contributed by atoms with Gasteiger partial charge in [-0.15, -0.1) is 11.3 Å². The Morgan fingerprint density at radius 3 is 3.00 bits per heavy atom. The third-order valence-electron chi connectivity index (χ3n) is 3.85. The summed E-state index contributed by atoms with van der Waals surface area (Å²) < 4.78 is 1.52. The van der Waals surface area contributed by atoms with Crippen molar-refractivity contribution in [1.82, 2.24) is 19.7 Å². The van der Waals surface area contributed by atoms with Crippen LogP contribution < -0.4 is 10.9 Å². The van der Waals surface area contributed by atoms with E-state index >= 15 is 0 Å². The van der Waals surface area contributed by atoms with E-state index in [1.807, 2.05) is 25.1 Å². The Hall–Kier alpha value is -3.06. The van der Waals surface area contributed by atoms with E-state index in [1.54, 1.807) is 30.7 Å². The van der Waals surface area contributed by atoms with Crippen molar-refractivity contribution >= 4 is 33.1 Å². The number of carbonyl (C=O) groups excluding carboxylic acids is 1. The molecule has 25 heavy (non-hydrogen) atoms. The molecule has 0 aliphatic heterocycles. The van der Waals surface area contributed by atoms with Crippen LogP contribution in [-0.4, -0.2) is 20.3 Å². The number of nitrogens with zero attached hydrogens (tertiary/aromatic N) is 3. The predicted molar refractivity (Wildman–Crippen MR) is 97.0 cm³/mol. The van der Waals surface area contributed by atoms with E-state index in [9.17, 15) is 9.59 Å². The largest absolute Gasteiger partial charge is 0.347 e. The van der Waals surface area contributed by atoms with E-state index in [4.69, 9.17) is 0 Å². The number of rotatable bonds is 3. The van der Waals surface area contributed by atoms with Gasteiger partial charge in [0.05, 0.1) is 10.3 Å². The van der Waals surface area contributed by atoms with E-state index in [2.05, 4.69) is 15.3 Å². The van der Waals surface area contributed by atoms with Crippen LogP contribution in [-0.2, 0) is 6.54 Å². The first-order valence-electron chi connectivity index (χ1n) is 7.71. The van der Waals surface area contributed by atoms with Crippen LogP contribution in [0.1, 0.15) is 20.8 Å². The minimum absolute atomic E-state index is 0.161. The normalized spacial score (nSPS) is 11.1. The summed E-state index contributed by atoms with van der Waals surface area (Å²) in [6, 6.07) is 9.03. The van der Waals surface area contributed by atoms with E-state index in [0.29, 0.717) is 27.3 Å². The second-order valence-corrected chi connectivity index (χ2v) is 6.76. The molecule has 0 fully saturated rings. The highest BCUT2D eigenvalue weighted by atomic mass is 32.1. The number of thiophene rings is 1. The average molecular weight is 350 g/mol. The maximum Gasteiger partial charge on any atom is 0.266 e. The van der Waals surface area contributed by atoms with Gasteiger partial charge in [0.1, 0.15) is 10.5 Å². The lowest BCUT2D eigenvalue weighted by Gasteiger charge is -2.02. The van der Waals surface area contributed by atoms with Crippen LogP contribution >= 0.6 is 11.3 Å². The molecule has 0 saturated carbocycles. The number of aryl methyl sites for hydroxylation is 1. The molecule has 0 bridgehead atoms. The number of hydrogen-bond donors (Lipinski definition) is 1. The molecule has 4 aromatic heterocycles. The molecule has 0 spiro atoms. The Balaban J connectivity index is 1.69. The zero-order valence-electron chi connectivity index (χ0n) is 13.4. The van der Waals surface area contributed by atoms with Crippen molar-refractivity contribution in [2.75, 3.05) is 0 Å². The van der Waals surface area contributed by atoms with Crippen molar-refractivity contribution in [3.8, 4) is 0 Å². The highest BCUT2D eigenvalue weighted by Gasteiger charge is 2.14. The van der Waals surface area contributed by atoms with Crippen LogP contribution in [0.2, 0.25) is 0 Å². The first kappa shape index (κ1) is 15.5. The van der Waals surface area contributed by atoms with Crippen LogP contribution in [0.3, 0.4) is 0 Å². The van der Waals surface area contributed by atoms with Gasteiger partial charge in [-0.1, -0.05) is 12.1 Å². The van der Waals surface area contributed by atoms with Crippen molar-refractivity contribution in [3.05, 3.63) is 75.3 Å². The lowest BCUT2D eigenvalue weighted by molar-refractivity contribution is 0.0955. The molecule has 1 N–H and O–H groups in total. The number of carbonyl (C=O) groups is 1. The van der Waals surface area contributed by atoms with Crippen LogP contribution in [0, 0.1) is 6.92 Å². The first-order chi connectivity index (χ1) is 12.1. The molecule has 0 atom stereocenters. The molecule has 0 aliphatic rings. The third-order valence-corrected chi connectivity index (χ3v) is 4.88. The molecular weight excluding hydrogens is 336 g/mol. The molecule has 0 aromatic carbocycles. The van der Waals surface area contributed by atoms with Gasteiger partial charge in [0.25, 0.3) is 11.5 Å². The molecule has 0 saturated heterocycles. The first-order valence-corrected chi connectivity index (χ1v) is 8.53. The molecule has 6 nitrogen and oxygen atoms in total. The molecular formula is C18H14N4O2S. The van der Waals surface area contributed by atoms with Gasteiger partial charge in [0.2, 0.25) is 0 Å². The summed E-state index contributed by atoms with van der Waals surface area (Å²) in [6.45, 7) is 2.30. The zero-order chi connectivity index (χ0) is 17.4. The quantitative estimate of drug-likeness (QED) is 0.616. The molecule has 0 aliphatic carbocycles. The van der Waals surface area contributed by atoms with Crippen LogP contribution in [0.4, 0.5) is 0 Å². The minimum atomic E-state index is -0.225. The topological polar surface area (TPSA) is 76.4 Å². The highest BCUT2D eigenvalue weighted by molar-refractivity contribution is 7.20. The summed E-state index contributed by atoms with van der Waals surface area (Å²) in [7, 11) is 0. The van der Waals surface area contributed by atoms with Gasteiger partial charge >= 0.3 is 0 Å². The standard InChI is InChI=1S/C18H14N4O2S/c1-11-4-5-15-21-17-13(18(24)22(15)10-11)7-14(25-17)16(23)20-9-12-3-2-6-19-8-12/h2-8,10H,9H2,1H3,(H,20,23). The fourth-order valence-corrected chi connectivity index (χ4v) is 3.53. The van der Waals surface area contributed by atoms with Crippen molar-refractivity contribution in [1.29, 1.82) is 0 Å². The van der Waals surface area contributed by atoms with Gasteiger partial charge in [0, 0.05) is 25.1 Å². The van der Waals surface area contributed by atoms with E-state index in [1.165, 1.54) is 15.7 Å². The second-order valence-electron chi connectivity index (χ2n) is 5.73. The number of pyridine rings is 2. The number of aromatic nitrogens is 3. The predicted octanol–water partition coefficient (Wildman–Crippen LogP) is 2.54. The molecule has 0 unspecified atom stereocenters. The van der Waals surface area contributed by atoms with Crippen LogP contribution in [0.15, 0.2) is 53.7 Å². The molecule has 7 heteroatoms. The maximum absolute atomic E-state index is 12.6. The second kappa shape index (κ2) is 6.10. The van der Waals surface area contributed by atoms with Gasteiger partial charge in [-0.3, -0.25) is 19.0 Å². The van der Waals surface area contributed by atoms with Gasteiger partial charge in [-0.25, -0.2) is 4.98 Å². The van der Waals surface area contributed by atoms with Gasteiger partial charge in [-0.2, -0.15) is 0 Å². The van der Waals surface area contributed by atoms with Crippen LogP contribution in [0.5, 0.6) is 0 Å². The Morgan fingerprint density at radius 1 is 1.32 bits per heavy atom. The summed E-state index contributed by atoms with van der Waals surface area (Å²) in [6.07, 6.45) is 5.14. The van der Waals surface area contributed by atoms with Gasteiger partial charge in [-0.05, 0) is 36.2 Å². The molecule has 124 valence electrons. The maximum atomic E-state index is 12.6. The monoisotopic (exact) mass is 350 g/mol. The summed E-state index contributed by atoms with van der Waals surface area (Å²) in [4.78, 5) is 34.6. The van der Waals surface area contributed by atoms with Gasteiger partial charge < -0.3 is 5.32 Å². The van der Waals surface area contributed by atoms with E-state index < -0.39 is 0 Å². The number of amides is 1. The summed E-state index contributed by atoms with van der Waals surface area (Å²) >= 11 is 1.22. The molecule has 4 aromatic rings. The fourth-order valence-electron chi connectivity index (χ4n) is 2.59. The fraction of sp³-hybridized carbons (Fsp3) is 0.111. The Kier molecular flexibility index (Phi) is 3.77. The number of nitrogens with one attached hydrogen (secondary N) is 1. The van der Waals surface area contributed by atoms with Crippen molar-refractivity contribution in [2.24, 2.45) is 0 Å². The number of hydrogen-bond acceptors (Lipinski definition) is 5. The van der Waals surface area contributed by atoms with Crippen LogP contribution in [0.25, 0.3) is 15.9 Å². The zero-order valence-corrected chi connectivity index (χ0v) is 14.2. The molecule has 4 heterocycles. The van der Waals surface area contributed by atoms with Gasteiger partial charge in [0.15, 0.2) is 0 Å².